The fourth-order valence-corrected chi connectivity index (χ4v) is 2.47. The fourth-order valence-electron chi connectivity index (χ4n) is 2.47. The first kappa shape index (κ1) is 12.9. The number of rotatable bonds is 4. The molecule has 0 spiro atoms. The van der Waals surface area contributed by atoms with E-state index in [1.807, 2.05) is 19.2 Å². The molecule has 3 rings (SSSR count). The molecule has 2 aromatic rings. The maximum Gasteiger partial charge on any atom is 0.318 e. The zero-order valence-electron chi connectivity index (χ0n) is 11.8. The minimum absolute atomic E-state index is 0.574. The van der Waals surface area contributed by atoms with Gasteiger partial charge in [0.15, 0.2) is 0 Å². The van der Waals surface area contributed by atoms with Gasteiger partial charge in [0.25, 0.3) is 0 Å². The van der Waals surface area contributed by atoms with Crippen LogP contribution in [0.1, 0.15) is 17.9 Å². The van der Waals surface area contributed by atoms with E-state index in [0.717, 1.165) is 31.9 Å². The van der Waals surface area contributed by atoms with E-state index in [4.69, 9.17) is 4.42 Å². The van der Waals surface area contributed by atoms with E-state index in [1.54, 1.807) is 0 Å². The first-order valence-electron chi connectivity index (χ1n) is 6.92. The van der Waals surface area contributed by atoms with Gasteiger partial charge in [0.2, 0.25) is 5.89 Å². The van der Waals surface area contributed by atoms with Crippen LogP contribution in [0.5, 0.6) is 0 Å². The molecule has 3 heterocycles. The van der Waals surface area contributed by atoms with Crippen LogP contribution in [0, 0.1) is 19.8 Å². The maximum atomic E-state index is 5.47. The smallest absolute Gasteiger partial charge is 0.318 e. The van der Waals surface area contributed by atoms with Crippen LogP contribution in [-0.2, 0) is 0 Å². The molecule has 0 saturated carbocycles. The summed E-state index contributed by atoms with van der Waals surface area (Å²) in [5.41, 5.74) is 1.22. The summed E-state index contributed by atoms with van der Waals surface area (Å²) >= 11 is 0. The van der Waals surface area contributed by atoms with E-state index in [9.17, 15) is 0 Å². The SMILES string of the molecule is Cc1ccnc(NCC2CCN(c3nnc(C)o3)C2)c1. The van der Waals surface area contributed by atoms with Gasteiger partial charge in [-0.05, 0) is 37.0 Å². The highest BCUT2D eigenvalue weighted by atomic mass is 16.4. The van der Waals surface area contributed by atoms with Gasteiger partial charge in [-0.3, -0.25) is 0 Å². The van der Waals surface area contributed by atoms with Crippen LogP contribution in [-0.4, -0.2) is 34.8 Å². The lowest BCUT2D eigenvalue weighted by Crippen LogP contribution is -2.22. The van der Waals surface area contributed by atoms with Crippen LogP contribution in [0.2, 0.25) is 0 Å². The Balaban J connectivity index is 1.53. The molecule has 20 heavy (non-hydrogen) atoms. The predicted octanol–water partition coefficient (Wildman–Crippen LogP) is 2.02. The molecule has 1 aliphatic heterocycles. The molecule has 106 valence electrons. The Morgan fingerprint density at radius 3 is 3.05 bits per heavy atom. The van der Waals surface area contributed by atoms with Gasteiger partial charge in [0, 0.05) is 32.8 Å². The molecule has 1 atom stereocenters. The van der Waals surface area contributed by atoms with E-state index in [2.05, 4.69) is 38.4 Å². The Bertz CT molecular complexity index is 582. The second-order valence-electron chi connectivity index (χ2n) is 5.30. The van der Waals surface area contributed by atoms with Crippen molar-refractivity contribution in [2.45, 2.75) is 20.3 Å². The summed E-state index contributed by atoms with van der Waals surface area (Å²) in [6.45, 7) is 6.72. The van der Waals surface area contributed by atoms with Gasteiger partial charge >= 0.3 is 6.01 Å². The van der Waals surface area contributed by atoms with Crippen LogP contribution >= 0.6 is 0 Å². The standard InChI is InChI=1S/C14H19N5O/c1-10-3-5-15-13(7-10)16-8-12-4-6-19(9-12)14-18-17-11(2)20-14/h3,5,7,12H,4,6,8-9H2,1-2H3,(H,15,16). The van der Waals surface area contributed by atoms with Gasteiger partial charge < -0.3 is 14.6 Å². The van der Waals surface area contributed by atoms with E-state index in [0.29, 0.717) is 17.8 Å². The lowest BCUT2D eigenvalue weighted by atomic mass is 10.1. The zero-order valence-corrected chi connectivity index (χ0v) is 11.8. The predicted molar refractivity (Wildman–Crippen MR) is 76.8 cm³/mol. The van der Waals surface area contributed by atoms with Crippen molar-refractivity contribution in [1.29, 1.82) is 0 Å². The summed E-state index contributed by atoms with van der Waals surface area (Å²) in [4.78, 5) is 6.46. The molecular weight excluding hydrogens is 254 g/mol. The number of hydrogen-bond donors (Lipinski definition) is 1. The molecule has 0 aliphatic carbocycles. The highest BCUT2D eigenvalue weighted by molar-refractivity contribution is 5.37. The molecule has 6 nitrogen and oxygen atoms in total. The quantitative estimate of drug-likeness (QED) is 0.919. The lowest BCUT2D eigenvalue weighted by Gasteiger charge is -2.14. The number of nitrogens with one attached hydrogen (secondary N) is 1. The van der Waals surface area contributed by atoms with Crippen molar-refractivity contribution in [3.8, 4) is 0 Å². The summed E-state index contributed by atoms with van der Waals surface area (Å²) in [5.74, 6) is 2.13. The first-order valence-corrected chi connectivity index (χ1v) is 6.92. The molecule has 6 heteroatoms. The Morgan fingerprint density at radius 2 is 2.30 bits per heavy atom. The summed E-state index contributed by atoms with van der Waals surface area (Å²) in [7, 11) is 0. The summed E-state index contributed by atoms with van der Waals surface area (Å²) in [6, 6.07) is 4.70. The number of nitrogens with zero attached hydrogens (tertiary/aromatic N) is 4. The van der Waals surface area contributed by atoms with Crippen molar-refractivity contribution in [2.75, 3.05) is 29.9 Å². The summed E-state index contributed by atoms with van der Waals surface area (Å²) in [6.07, 6.45) is 2.96. The number of hydrogen-bond acceptors (Lipinski definition) is 6. The molecule has 1 fully saturated rings. The van der Waals surface area contributed by atoms with Gasteiger partial charge in [0.1, 0.15) is 5.82 Å². The third-order valence-electron chi connectivity index (χ3n) is 3.56. The third-order valence-corrected chi connectivity index (χ3v) is 3.56. The molecule has 1 saturated heterocycles. The molecule has 1 aliphatic rings. The van der Waals surface area contributed by atoms with Gasteiger partial charge in [-0.15, -0.1) is 5.10 Å². The number of anilines is 2. The largest absolute Gasteiger partial charge is 0.408 e. The van der Waals surface area contributed by atoms with E-state index >= 15 is 0 Å². The third kappa shape index (κ3) is 2.89. The molecule has 0 radical (unpaired) electrons. The summed E-state index contributed by atoms with van der Waals surface area (Å²) < 4.78 is 5.47. The van der Waals surface area contributed by atoms with Gasteiger partial charge in [-0.1, -0.05) is 5.10 Å². The van der Waals surface area contributed by atoms with E-state index in [-0.39, 0.29) is 0 Å². The average molecular weight is 273 g/mol. The van der Waals surface area contributed by atoms with Crippen molar-refractivity contribution in [1.82, 2.24) is 15.2 Å². The number of aryl methyl sites for hydroxylation is 2. The van der Waals surface area contributed by atoms with Crippen molar-refractivity contribution >= 4 is 11.8 Å². The fraction of sp³-hybridized carbons (Fsp3) is 0.500. The van der Waals surface area contributed by atoms with Crippen molar-refractivity contribution in [2.24, 2.45) is 5.92 Å². The zero-order chi connectivity index (χ0) is 13.9. The number of pyridine rings is 1. The molecule has 2 aromatic heterocycles. The highest BCUT2D eigenvalue weighted by Crippen LogP contribution is 2.22. The molecule has 0 bridgehead atoms. The van der Waals surface area contributed by atoms with Crippen LogP contribution in [0.15, 0.2) is 22.7 Å². The van der Waals surface area contributed by atoms with Gasteiger partial charge in [-0.25, -0.2) is 4.98 Å². The Morgan fingerprint density at radius 1 is 1.40 bits per heavy atom. The molecule has 1 N–H and O–H groups in total. The Hall–Kier alpha value is -2.11. The highest BCUT2D eigenvalue weighted by Gasteiger charge is 2.25. The monoisotopic (exact) mass is 273 g/mol. The van der Waals surface area contributed by atoms with Crippen molar-refractivity contribution < 1.29 is 4.42 Å². The topological polar surface area (TPSA) is 67.1 Å². The van der Waals surface area contributed by atoms with E-state index in [1.165, 1.54) is 5.56 Å². The molecule has 0 amide bonds. The Labute approximate surface area is 118 Å². The van der Waals surface area contributed by atoms with Crippen LogP contribution in [0.25, 0.3) is 0 Å². The van der Waals surface area contributed by atoms with Crippen LogP contribution in [0.3, 0.4) is 0 Å². The minimum Gasteiger partial charge on any atom is -0.408 e. The van der Waals surface area contributed by atoms with Crippen LogP contribution in [0.4, 0.5) is 11.8 Å². The van der Waals surface area contributed by atoms with Crippen molar-refractivity contribution in [3.05, 3.63) is 29.8 Å². The second kappa shape index (κ2) is 5.48. The van der Waals surface area contributed by atoms with Crippen LogP contribution < -0.4 is 10.2 Å². The van der Waals surface area contributed by atoms with Gasteiger partial charge in [-0.2, -0.15) is 0 Å². The minimum atomic E-state index is 0.574. The lowest BCUT2D eigenvalue weighted by molar-refractivity contribution is 0.509. The van der Waals surface area contributed by atoms with Crippen molar-refractivity contribution in [3.63, 3.8) is 0 Å². The molecule has 1 unspecified atom stereocenters. The average Bonchev–Trinajstić information content (AvgIpc) is 3.05. The first-order chi connectivity index (χ1) is 9.70. The maximum absolute atomic E-state index is 5.47. The Kier molecular flexibility index (Phi) is 3.54. The number of aromatic nitrogens is 3. The summed E-state index contributed by atoms with van der Waals surface area (Å²) in [5, 5.41) is 11.3. The van der Waals surface area contributed by atoms with E-state index < -0.39 is 0 Å². The normalized spacial score (nSPS) is 18.5. The molecule has 0 aromatic carbocycles. The molecular formula is C14H19N5O. The second-order valence-corrected chi connectivity index (χ2v) is 5.30. The van der Waals surface area contributed by atoms with Gasteiger partial charge in [0.05, 0.1) is 0 Å².